The molecule has 0 aromatic heterocycles. The molecule has 3 unspecified atom stereocenters. The van der Waals surface area contributed by atoms with Crippen LogP contribution in [0.4, 0.5) is 0 Å². The summed E-state index contributed by atoms with van der Waals surface area (Å²) in [5.74, 6) is 6.31. The van der Waals surface area contributed by atoms with E-state index in [1.165, 1.54) is 225 Å². The van der Waals surface area contributed by atoms with Crippen LogP contribution in [0.2, 0.25) is 0 Å². The zero-order valence-corrected chi connectivity index (χ0v) is 55.3. The lowest BCUT2D eigenvalue weighted by Crippen LogP contribution is -2.49. The topological polar surface area (TPSA) is 0 Å². The van der Waals surface area contributed by atoms with Gasteiger partial charge in [0, 0.05) is 0 Å². The molecule has 0 aromatic carbocycles. The number of fused-ring (bicyclic) bond motifs is 12. The molecule has 10 saturated carbocycles. The summed E-state index contributed by atoms with van der Waals surface area (Å²) < 4.78 is 0. The molecule has 74 heavy (non-hydrogen) atoms. The number of hydrogen-bond donors (Lipinski definition) is 0. The second-order valence-corrected chi connectivity index (χ2v) is 35.3. The van der Waals surface area contributed by atoms with Gasteiger partial charge in [-0.05, 0) is 249 Å². The van der Waals surface area contributed by atoms with Gasteiger partial charge < -0.3 is 0 Å². The summed E-state index contributed by atoms with van der Waals surface area (Å²) in [7, 11) is 0. The smallest absolute Gasteiger partial charge is 0.0249 e. The first-order valence-corrected chi connectivity index (χ1v) is 34.2. The molecule has 0 nitrogen and oxygen atoms in total. The highest BCUT2D eigenvalue weighted by Crippen LogP contribution is 2.64. The van der Waals surface area contributed by atoms with Gasteiger partial charge in [0.25, 0.3) is 0 Å². The maximum atomic E-state index is 2.57. The second kappa shape index (κ2) is 25.4. The van der Waals surface area contributed by atoms with E-state index < -0.39 is 0 Å². The van der Waals surface area contributed by atoms with Gasteiger partial charge in [-0.2, -0.15) is 0 Å². The first-order chi connectivity index (χ1) is 34.2. The first-order valence-electron chi connectivity index (χ1n) is 34.2. The van der Waals surface area contributed by atoms with E-state index in [1.807, 2.05) is 0 Å². The van der Waals surface area contributed by atoms with Crippen LogP contribution in [0, 0.1) is 101 Å². The van der Waals surface area contributed by atoms with Crippen molar-refractivity contribution in [2.45, 2.75) is 370 Å². The fraction of sp³-hybridized carbons (Fsp3) is 1.00. The van der Waals surface area contributed by atoms with E-state index >= 15 is 0 Å². The molecule has 10 aliphatic carbocycles. The molecule has 0 saturated heterocycles. The van der Waals surface area contributed by atoms with Gasteiger partial charge in [0.2, 0.25) is 0 Å². The van der Waals surface area contributed by atoms with Crippen LogP contribution in [0.1, 0.15) is 370 Å². The zero-order chi connectivity index (χ0) is 55.3. The molecule has 0 heterocycles. The van der Waals surface area contributed by atoms with E-state index in [0.29, 0.717) is 48.7 Å². The molecular formula is C74H140. The molecule has 10 rings (SSSR count). The van der Waals surface area contributed by atoms with Crippen LogP contribution in [0.25, 0.3) is 0 Å². The Balaban J connectivity index is 0.000000172. The van der Waals surface area contributed by atoms with Gasteiger partial charge in [0.05, 0.1) is 0 Å². The van der Waals surface area contributed by atoms with E-state index in [2.05, 4.69) is 145 Å². The summed E-state index contributed by atoms with van der Waals surface area (Å²) in [6.07, 6.45) is 51.8. The summed E-state index contributed by atoms with van der Waals surface area (Å²) in [5.41, 5.74) is 7.28. The van der Waals surface area contributed by atoms with Crippen molar-refractivity contribution < 1.29 is 0 Å². The molecule has 0 spiro atoms. The van der Waals surface area contributed by atoms with E-state index in [0.717, 1.165) is 52.3 Å². The summed E-state index contributed by atoms with van der Waals surface area (Å²) in [5, 5.41) is 0. The quantitative estimate of drug-likeness (QED) is 0.202. The fourth-order valence-electron chi connectivity index (χ4n) is 22.1. The predicted molar refractivity (Wildman–Crippen MR) is 332 cm³/mol. The Morgan fingerprint density at radius 2 is 0.757 bits per heavy atom. The first kappa shape index (κ1) is 64.8. The number of unbranched alkanes of at least 4 members (excludes halogenated alkanes) is 2. The third-order valence-corrected chi connectivity index (χ3v) is 26.8. The fourth-order valence-corrected chi connectivity index (χ4v) is 22.1. The minimum atomic E-state index is 0.582. The van der Waals surface area contributed by atoms with Crippen LogP contribution in [0.3, 0.4) is 0 Å². The molecule has 0 aromatic rings. The van der Waals surface area contributed by atoms with Crippen LogP contribution in [-0.4, -0.2) is 0 Å². The van der Waals surface area contributed by atoms with Gasteiger partial charge in [-0.25, -0.2) is 0 Å². The van der Waals surface area contributed by atoms with E-state index in [9.17, 15) is 0 Å². The van der Waals surface area contributed by atoms with Crippen LogP contribution in [0.15, 0.2) is 0 Å². The SMILES string of the molecule is CC(C)C1(C)CC2(C)CCCC(C)(C2)C1.CC(C)C12CCCC(C)(CCC1)C2.CC(C)C1C2(C)CCCC1(C)CCC2.CC(C)C1CC2(C)CCCC(C)(CCC2)C1.CCCCCC1(C)CCCC[C@@]1(C)C(C)C. The average molecular weight is 1030 g/mol. The van der Waals surface area contributed by atoms with Gasteiger partial charge in [0.15, 0.2) is 0 Å². The standard InChI is InChI=1S/C16H30.C16H32.C15H28.C14H26.C13H24/c1-13(2)14-11-15(3)7-5-9-16(4,12-14)10-6-8-15;1-6-7-8-11-15(4)12-9-10-13-16(15,5)14(2)3;1-12(2)15(5)10-13(3)7-6-8-14(4,9-13)11-15;1-11(2)12-13(3)7-5-9-14(12,4)10-6-8-13;1-11(2)13-8-4-6-12(3,10-13)7-5-9-13/h13-14H,5-12H2,1-4H3;14H,6-13H2,1-5H3;12H,6-11H2,1-5H3;11-12H,5-10H2,1-4H3;11H,4-10H2,1-3H3/t;15?,16-;;;/m.0.../s1. The van der Waals surface area contributed by atoms with Crippen LogP contribution >= 0.6 is 0 Å². The van der Waals surface area contributed by atoms with Gasteiger partial charge in [0.1, 0.15) is 0 Å². The van der Waals surface area contributed by atoms with Crippen molar-refractivity contribution in [2.75, 3.05) is 0 Å². The normalized spacial score (nSPS) is 44.8. The predicted octanol–water partition coefficient (Wildman–Crippen LogP) is 25.3. The van der Waals surface area contributed by atoms with E-state index in [4.69, 9.17) is 0 Å². The van der Waals surface area contributed by atoms with Crippen molar-refractivity contribution in [1.29, 1.82) is 0 Å². The summed E-state index contributed by atoms with van der Waals surface area (Å²) in [6.45, 7) is 52.2. The molecule has 0 amide bonds. The minimum absolute atomic E-state index is 0.582. The number of rotatable bonds is 9. The van der Waals surface area contributed by atoms with Crippen molar-refractivity contribution in [2.24, 2.45) is 101 Å². The highest BCUT2D eigenvalue weighted by atomic mass is 14.6. The largest absolute Gasteiger partial charge is 0.0654 e. The molecule has 0 heteroatoms. The van der Waals surface area contributed by atoms with Gasteiger partial charge >= 0.3 is 0 Å². The van der Waals surface area contributed by atoms with Crippen molar-refractivity contribution in [3.05, 3.63) is 0 Å². The van der Waals surface area contributed by atoms with E-state index in [1.54, 1.807) is 0 Å². The lowest BCUT2D eigenvalue weighted by Gasteiger charge is -2.58. The molecule has 436 valence electrons. The third-order valence-electron chi connectivity index (χ3n) is 26.8. The summed E-state index contributed by atoms with van der Waals surface area (Å²) >= 11 is 0. The third kappa shape index (κ3) is 15.7. The Labute approximate surface area is 468 Å². The maximum absolute atomic E-state index is 2.57. The van der Waals surface area contributed by atoms with Crippen molar-refractivity contribution in [3.63, 3.8) is 0 Å². The maximum Gasteiger partial charge on any atom is -0.0249 e. The zero-order valence-electron chi connectivity index (χ0n) is 55.3. The Morgan fingerprint density at radius 3 is 1.12 bits per heavy atom. The highest BCUT2D eigenvalue weighted by molar-refractivity contribution is 5.04. The Hall–Kier alpha value is 0. The molecule has 4 atom stereocenters. The second-order valence-electron chi connectivity index (χ2n) is 35.3. The average Bonchev–Trinajstić information content (AvgIpc) is 3.25. The molecule has 0 radical (unpaired) electrons. The van der Waals surface area contributed by atoms with E-state index in [-0.39, 0.29) is 0 Å². The van der Waals surface area contributed by atoms with Crippen LogP contribution in [0.5, 0.6) is 0 Å². The minimum Gasteiger partial charge on any atom is -0.0654 e. The van der Waals surface area contributed by atoms with Gasteiger partial charge in [-0.15, -0.1) is 0 Å². The summed E-state index contributed by atoms with van der Waals surface area (Å²) in [6, 6.07) is 0. The Kier molecular flexibility index (Phi) is 22.3. The van der Waals surface area contributed by atoms with Crippen LogP contribution in [-0.2, 0) is 0 Å². The molecule has 10 aliphatic rings. The molecule has 0 N–H and O–H groups in total. The Bertz CT molecular complexity index is 1580. The van der Waals surface area contributed by atoms with Crippen molar-refractivity contribution >= 4 is 0 Å². The van der Waals surface area contributed by atoms with Gasteiger partial charge in [-0.1, -0.05) is 222 Å². The molecule has 0 aliphatic heterocycles. The van der Waals surface area contributed by atoms with Crippen LogP contribution < -0.4 is 0 Å². The monoisotopic (exact) mass is 1030 g/mol. The Morgan fingerprint density at radius 1 is 0.351 bits per heavy atom. The number of hydrogen-bond acceptors (Lipinski definition) is 0. The lowest BCUT2D eigenvalue weighted by atomic mass is 9.47. The van der Waals surface area contributed by atoms with Crippen molar-refractivity contribution in [1.82, 2.24) is 0 Å². The molecular weight excluding hydrogens is 889 g/mol. The van der Waals surface area contributed by atoms with Crippen molar-refractivity contribution in [3.8, 4) is 0 Å². The summed E-state index contributed by atoms with van der Waals surface area (Å²) in [4.78, 5) is 0. The lowest BCUT2D eigenvalue weighted by molar-refractivity contribution is -0.0827. The van der Waals surface area contributed by atoms with Gasteiger partial charge in [-0.3, -0.25) is 0 Å². The molecule has 8 bridgehead atoms. The highest BCUT2D eigenvalue weighted by Gasteiger charge is 2.54. The molecule has 10 fully saturated rings.